The van der Waals surface area contributed by atoms with E-state index in [1.165, 1.54) is 0 Å². The van der Waals surface area contributed by atoms with Crippen LogP contribution in [0.15, 0.2) is 67.1 Å². The predicted molar refractivity (Wildman–Crippen MR) is 132 cm³/mol. The molecule has 4 aromatic rings. The van der Waals surface area contributed by atoms with E-state index in [0.29, 0.717) is 24.3 Å². The van der Waals surface area contributed by atoms with Crippen molar-refractivity contribution < 1.29 is 13.2 Å². The van der Waals surface area contributed by atoms with Gasteiger partial charge in [0.15, 0.2) is 5.65 Å². The van der Waals surface area contributed by atoms with Gasteiger partial charge in [-0.15, -0.1) is 10.2 Å². The van der Waals surface area contributed by atoms with Gasteiger partial charge in [-0.05, 0) is 41.3 Å². The van der Waals surface area contributed by atoms with E-state index in [4.69, 9.17) is 0 Å². The Hall–Kier alpha value is -3.60. The number of anilines is 1. The lowest BCUT2D eigenvalue weighted by atomic mass is 9.99. The molecule has 0 saturated heterocycles. The Morgan fingerprint density at radius 2 is 1.85 bits per heavy atom. The van der Waals surface area contributed by atoms with Crippen LogP contribution >= 0.6 is 0 Å². The minimum atomic E-state index is -3.23. The fourth-order valence-corrected chi connectivity index (χ4v) is 4.18. The zero-order valence-corrected chi connectivity index (χ0v) is 19.8. The molecule has 176 valence electrons. The standard InChI is InChI=1S/C24H26N6O3S/c1-17-20(19-7-4-3-5-8-19)9-6-10-22(17)28-24(31)21-13-18(15-30-16-26-29-23(21)30)14-25-11-12-27-34(2,32)33/h3-10,13,15-16,25,27H,11-12,14H2,1-2H3,(H,28,31). The lowest BCUT2D eigenvalue weighted by molar-refractivity contribution is 0.102. The first kappa shape index (κ1) is 23.6. The first-order chi connectivity index (χ1) is 16.3. The zero-order chi connectivity index (χ0) is 24.1. The van der Waals surface area contributed by atoms with E-state index in [-0.39, 0.29) is 12.5 Å². The molecule has 2 heterocycles. The number of pyridine rings is 1. The van der Waals surface area contributed by atoms with Crippen LogP contribution in [0, 0.1) is 6.92 Å². The molecule has 0 atom stereocenters. The zero-order valence-electron chi connectivity index (χ0n) is 18.9. The number of hydrogen-bond acceptors (Lipinski definition) is 6. The highest BCUT2D eigenvalue weighted by molar-refractivity contribution is 7.88. The van der Waals surface area contributed by atoms with Gasteiger partial charge >= 0.3 is 0 Å². The van der Waals surface area contributed by atoms with Gasteiger partial charge < -0.3 is 10.6 Å². The van der Waals surface area contributed by atoms with Gasteiger partial charge in [0.25, 0.3) is 5.91 Å². The van der Waals surface area contributed by atoms with Gasteiger partial charge in [-0.2, -0.15) is 0 Å². The number of sulfonamides is 1. The normalized spacial score (nSPS) is 11.6. The Labute approximate surface area is 198 Å². The van der Waals surface area contributed by atoms with Crippen LogP contribution in [0.4, 0.5) is 5.69 Å². The van der Waals surface area contributed by atoms with Gasteiger partial charge in [-0.25, -0.2) is 13.1 Å². The molecule has 0 radical (unpaired) electrons. The van der Waals surface area contributed by atoms with Gasteiger partial charge in [0.05, 0.1) is 11.8 Å². The average Bonchev–Trinajstić information content (AvgIpc) is 3.28. The van der Waals surface area contributed by atoms with Gasteiger partial charge in [0, 0.05) is 31.5 Å². The second-order valence-corrected chi connectivity index (χ2v) is 9.80. The summed E-state index contributed by atoms with van der Waals surface area (Å²) in [6, 6.07) is 17.6. The van der Waals surface area contributed by atoms with E-state index < -0.39 is 10.0 Å². The third-order valence-electron chi connectivity index (χ3n) is 5.36. The molecule has 0 aliphatic heterocycles. The van der Waals surface area contributed by atoms with Crippen LogP contribution in [0.5, 0.6) is 0 Å². The summed E-state index contributed by atoms with van der Waals surface area (Å²) in [7, 11) is -3.23. The molecule has 2 aromatic heterocycles. The largest absolute Gasteiger partial charge is 0.322 e. The smallest absolute Gasteiger partial charge is 0.259 e. The third-order valence-corrected chi connectivity index (χ3v) is 6.08. The number of rotatable bonds is 9. The Kier molecular flexibility index (Phi) is 7.01. The van der Waals surface area contributed by atoms with Crippen molar-refractivity contribution in [2.45, 2.75) is 13.5 Å². The molecule has 0 spiro atoms. The number of aromatic nitrogens is 3. The quantitative estimate of drug-likeness (QED) is 0.318. The molecule has 0 fully saturated rings. The first-order valence-corrected chi connectivity index (χ1v) is 12.6. The molecular formula is C24H26N6O3S. The number of nitrogens with one attached hydrogen (secondary N) is 3. The van der Waals surface area contributed by atoms with Crippen LogP contribution in [0.25, 0.3) is 16.8 Å². The van der Waals surface area contributed by atoms with Crippen molar-refractivity contribution in [3.8, 4) is 11.1 Å². The topological polar surface area (TPSA) is 117 Å². The maximum Gasteiger partial charge on any atom is 0.259 e. The molecule has 0 bridgehead atoms. The number of carbonyl (C=O) groups is 1. The monoisotopic (exact) mass is 478 g/mol. The second kappa shape index (κ2) is 10.1. The van der Waals surface area contributed by atoms with E-state index in [1.807, 2.05) is 61.7 Å². The highest BCUT2D eigenvalue weighted by Crippen LogP contribution is 2.29. The van der Waals surface area contributed by atoms with Crippen LogP contribution in [0.1, 0.15) is 21.5 Å². The Bertz CT molecular complexity index is 1420. The van der Waals surface area contributed by atoms with E-state index >= 15 is 0 Å². The highest BCUT2D eigenvalue weighted by Gasteiger charge is 2.16. The minimum absolute atomic E-state index is 0.276. The molecular weight excluding hydrogens is 452 g/mol. The minimum Gasteiger partial charge on any atom is -0.322 e. The molecule has 9 nitrogen and oxygen atoms in total. The van der Waals surface area contributed by atoms with Gasteiger partial charge in [-0.1, -0.05) is 42.5 Å². The van der Waals surface area contributed by atoms with E-state index in [0.717, 1.165) is 34.2 Å². The van der Waals surface area contributed by atoms with Crippen molar-refractivity contribution >= 4 is 27.3 Å². The summed E-state index contributed by atoms with van der Waals surface area (Å²) in [6.45, 7) is 3.15. The molecule has 4 rings (SSSR count). The lowest BCUT2D eigenvalue weighted by Crippen LogP contribution is -2.30. The maximum atomic E-state index is 13.3. The molecule has 0 unspecified atom stereocenters. The Morgan fingerprint density at radius 3 is 2.62 bits per heavy atom. The van der Waals surface area contributed by atoms with Crippen molar-refractivity contribution in [2.24, 2.45) is 0 Å². The van der Waals surface area contributed by atoms with E-state index in [9.17, 15) is 13.2 Å². The Balaban J connectivity index is 1.53. The number of nitrogens with zero attached hydrogens (tertiary/aromatic N) is 3. The highest BCUT2D eigenvalue weighted by atomic mass is 32.2. The van der Waals surface area contributed by atoms with Crippen LogP contribution < -0.4 is 15.4 Å². The first-order valence-electron chi connectivity index (χ1n) is 10.8. The summed E-state index contributed by atoms with van der Waals surface area (Å²) >= 11 is 0. The van der Waals surface area contributed by atoms with Crippen LogP contribution in [0.3, 0.4) is 0 Å². The van der Waals surface area contributed by atoms with Gasteiger partial charge in [-0.3, -0.25) is 9.20 Å². The van der Waals surface area contributed by atoms with Crippen molar-refractivity contribution in [2.75, 3.05) is 24.7 Å². The molecule has 2 aromatic carbocycles. The fourth-order valence-electron chi connectivity index (χ4n) is 3.71. The molecule has 0 aliphatic rings. The molecule has 0 aliphatic carbocycles. The van der Waals surface area contributed by atoms with Gasteiger partial charge in [0.1, 0.15) is 6.33 Å². The number of benzene rings is 2. The molecule has 10 heteroatoms. The predicted octanol–water partition coefficient (Wildman–Crippen LogP) is 2.60. The summed E-state index contributed by atoms with van der Waals surface area (Å²) in [5.74, 6) is -0.285. The number of fused-ring (bicyclic) bond motifs is 1. The molecule has 3 N–H and O–H groups in total. The third kappa shape index (κ3) is 5.66. The van der Waals surface area contributed by atoms with Crippen LogP contribution in [-0.2, 0) is 16.6 Å². The molecule has 1 amide bonds. The van der Waals surface area contributed by atoms with Crippen LogP contribution in [0.2, 0.25) is 0 Å². The number of amides is 1. The summed E-state index contributed by atoms with van der Waals surface area (Å²) in [5.41, 5.74) is 5.51. The Morgan fingerprint density at radius 1 is 1.06 bits per heavy atom. The van der Waals surface area contributed by atoms with E-state index in [1.54, 1.807) is 16.8 Å². The summed E-state index contributed by atoms with van der Waals surface area (Å²) < 4.78 is 26.5. The SMILES string of the molecule is Cc1c(NC(=O)c2cc(CNCCNS(C)(=O)=O)cn3cnnc23)cccc1-c1ccccc1. The van der Waals surface area contributed by atoms with Crippen LogP contribution in [-0.4, -0.2) is 48.3 Å². The average molecular weight is 479 g/mol. The van der Waals surface area contributed by atoms with Crippen molar-refractivity contribution in [3.05, 3.63) is 83.8 Å². The van der Waals surface area contributed by atoms with Gasteiger partial charge in [0.2, 0.25) is 10.0 Å². The fraction of sp³-hybridized carbons (Fsp3) is 0.208. The maximum absolute atomic E-state index is 13.3. The van der Waals surface area contributed by atoms with Crippen molar-refractivity contribution in [3.63, 3.8) is 0 Å². The summed E-state index contributed by atoms with van der Waals surface area (Å²) in [6.07, 6.45) is 4.50. The summed E-state index contributed by atoms with van der Waals surface area (Å²) in [5, 5.41) is 14.2. The lowest BCUT2D eigenvalue weighted by Gasteiger charge is -2.14. The number of carbonyl (C=O) groups excluding carboxylic acids is 1. The number of hydrogen-bond donors (Lipinski definition) is 3. The molecule has 34 heavy (non-hydrogen) atoms. The molecule has 0 saturated carbocycles. The van der Waals surface area contributed by atoms with E-state index in [2.05, 4.69) is 25.6 Å². The van der Waals surface area contributed by atoms with Crippen molar-refractivity contribution in [1.82, 2.24) is 24.6 Å². The van der Waals surface area contributed by atoms with Crippen molar-refractivity contribution in [1.29, 1.82) is 0 Å². The summed E-state index contributed by atoms with van der Waals surface area (Å²) in [4.78, 5) is 13.3. The second-order valence-electron chi connectivity index (χ2n) is 7.97.